The number of benzene rings is 1. The minimum atomic E-state index is -3.61. The van der Waals surface area contributed by atoms with E-state index in [1.165, 1.54) is 19.2 Å². The highest BCUT2D eigenvalue weighted by molar-refractivity contribution is 7.92. The number of sulfone groups is 1. The van der Waals surface area contributed by atoms with Crippen molar-refractivity contribution in [2.45, 2.75) is 36.8 Å². The standard InChI is InChI=1S/C14H19NO3S/c1-4-5-11(2)14(10-15)19(16,17)13-8-6-12(18-3)7-9-13/h6-9,11,14H,4-5H2,1-3H3. The summed E-state index contributed by atoms with van der Waals surface area (Å²) in [5.41, 5.74) is 0. The molecular weight excluding hydrogens is 262 g/mol. The van der Waals surface area contributed by atoms with Crippen molar-refractivity contribution < 1.29 is 13.2 Å². The van der Waals surface area contributed by atoms with Crippen LogP contribution < -0.4 is 4.74 Å². The molecular formula is C14H19NO3S. The van der Waals surface area contributed by atoms with E-state index in [4.69, 9.17) is 10.00 Å². The predicted octanol–water partition coefficient (Wildman–Crippen LogP) is 2.80. The average Bonchev–Trinajstić information content (AvgIpc) is 2.39. The number of rotatable bonds is 6. The third kappa shape index (κ3) is 3.48. The quantitative estimate of drug-likeness (QED) is 0.804. The highest BCUT2D eigenvalue weighted by atomic mass is 32.2. The monoisotopic (exact) mass is 281 g/mol. The third-order valence-electron chi connectivity index (χ3n) is 3.11. The van der Waals surface area contributed by atoms with E-state index in [2.05, 4.69) is 0 Å². The molecule has 0 aliphatic heterocycles. The van der Waals surface area contributed by atoms with Crippen molar-refractivity contribution in [1.29, 1.82) is 5.26 Å². The number of methoxy groups -OCH3 is 1. The first-order chi connectivity index (χ1) is 8.97. The van der Waals surface area contributed by atoms with E-state index in [-0.39, 0.29) is 10.8 Å². The van der Waals surface area contributed by atoms with E-state index < -0.39 is 15.1 Å². The van der Waals surface area contributed by atoms with E-state index in [1.807, 2.05) is 13.0 Å². The number of hydrogen-bond acceptors (Lipinski definition) is 4. The number of nitriles is 1. The summed E-state index contributed by atoms with van der Waals surface area (Å²) in [6.07, 6.45) is 1.57. The van der Waals surface area contributed by atoms with Crippen LogP contribution in [0.15, 0.2) is 29.2 Å². The maximum Gasteiger partial charge on any atom is 0.194 e. The Morgan fingerprint density at radius 2 is 1.89 bits per heavy atom. The van der Waals surface area contributed by atoms with E-state index in [0.29, 0.717) is 12.2 Å². The Kier molecular flexibility index (Phi) is 5.37. The smallest absolute Gasteiger partial charge is 0.194 e. The van der Waals surface area contributed by atoms with E-state index in [0.717, 1.165) is 6.42 Å². The van der Waals surface area contributed by atoms with Crippen molar-refractivity contribution in [2.24, 2.45) is 5.92 Å². The first-order valence-corrected chi connectivity index (χ1v) is 7.79. The average molecular weight is 281 g/mol. The van der Waals surface area contributed by atoms with Crippen LogP contribution in [-0.2, 0) is 9.84 Å². The van der Waals surface area contributed by atoms with Crippen LogP contribution >= 0.6 is 0 Å². The summed E-state index contributed by atoms with van der Waals surface area (Å²) in [6, 6.07) is 8.08. The van der Waals surface area contributed by atoms with Crippen molar-refractivity contribution in [2.75, 3.05) is 7.11 Å². The number of hydrogen-bond donors (Lipinski definition) is 0. The van der Waals surface area contributed by atoms with Crippen LogP contribution in [0.4, 0.5) is 0 Å². The zero-order valence-electron chi connectivity index (χ0n) is 11.5. The van der Waals surface area contributed by atoms with E-state index >= 15 is 0 Å². The third-order valence-corrected chi connectivity index (χ3v) is 5.28. The van der Waals surface area contributed by atoms with Crippen LogP contribution in [0, 0.1) is 17.2 Å². The summed E-state index contributed by atoms with van der Waals surface area (Å²) in [5, 5.41) is 8.17. The molecule has 0 aromatic heterocycles. The Hall–Kier alpha value is -1.54. The molecule has 0 aliphatic rings. The zero-order chi connectivity index (χ0) is 14.5. The highest BCUT2D eigenvalue weighted by Gasteiger charge is 2.31. The second kappa shape index (κ2) is 6.58. The first kappa shape index (κ1) is 15.5. The summed E-state index contributed by atoms with van der Waals surface area (Å²) in [4.78, 5) is 0.169. The van der Waals surface area contributed by atoms with E-state index in [1.54, 1.807) is 19.1 Å². The van der Waals surface area contributed by atoms with Crippen molar-refractivity contribution >= 4 is 9.84 Å². The molecule has 4 nitrogen and oxygen atoms in total. The SMILES string of the molecule is CCCC(C)C(C#N)S(=O)(=O)c1ccc(OC)cc1. The molecule has 5 heteroatoms. The molecule has 0 N–H and O–H groups in total. The Morgan fingerprint density at radius 1 is 1.32 bits per heavy atom. The Bertz CT molecular complexity index is 543. The molecule has 1 rings (SSSR count). The molecule has 0 amide bonds. The van der Waals surface area contributed by atoms with Crippen molar-refractivity contribution in [1.82, 2.24) is 0 Å². The molecule has 0 heterocycles. The van der Waals surface area contributed by atoms with Crippen LogP contribution in [0.3, 0.4) is 0 Å². The highest BCUT2D eigenvalue weighted by Crippen LogP contribution is 2.25. The fourth-order valence-corrected chi connectivity index (χ4v) is 3.72. The largest absolute Gasteiger partial charge is 0.497 e. The normalized spacial score (nSPS) is 14.4. The molecule has 2 atom stereocenters. The van der Waals surface area contributed by atoms with Crippen LogP contribution in [0.2, 0.25) is 0 Å². The minimum absolute atomic E-state index is 0.169. The molecule has 0 saturated heterocycles. The fraction of sp³-hybridized carbons (Fsp3) is 0.500. The van der Waals surface area contributed by atoms with Gasteiger partial charge in [-0.25, -0.2) is 8.42 Å². The molecule has 104 valence electrons. The van der Waals surface area contributed by atoms with Crippen LogP contribution in [0.5, 0.6) is 5.75 Å². The maximum absolute atomic E-state index is 12.4. The van der Waals surface area contributed by atoms with Gasteiger partial charge in [0.05, 0.1) is 18.1 Å². The van der Waals surface area contributed by atoms with Gasteiger partial charge in [-0.05, 0) is 36.6 Å². The molecule has 1 aromatic rings. The van der Waals surface area contributed by atoms with Gasteiger partial charge in [0.25, 0.3) is 0 Å². The van der Waals surface area contributed by atoms with Gasteiger partial charge in [-0.2, -0.15) is 5.26 Å². The lowest BCUT2D eigenvalue weighted by molar-refractivity contribution is 0.414. The first-order valence-electron chi connectivity index (χ1n) is 6.25. The van der Waals surface area contributed by atoms with Gasteiger partial charge >= 0.3 is 0 Å². The van der Waals surface area contributed by atoms with Gasteiger partial charge in [0.15, 0.2) is 15.1 Å². The molecule has 2 unspecified atom stereocenters. The van der Waals surface area contributed by atoms with Gasteiger partial charge in [0, 0.05) is 0 Å². The van der Waals surface area contributed by atoms with E-state index in [9.17, 15) is 8.42 Å². The summed E-state index contributed by atoms with van der Waals surface area (Å²) >= 11 is 0. The fourth-order valence-electron chi connectivity index (χ4n) is 2.02. The lowest BCUT2D eigenvalue weighted by Gasteiger charge is -2.17. The maximum atomic E-state index is 12.4. The van der Waals surface area contributed by atoms with Gasteiger partial charge in [0.1, 0.15) is 5.75 Å². The molecule has 0 aliphatic carbocycles. The zero-order valence-corrected chi connectivity index (χ0v) is 12.3. The van der Waals surface area contributed by atoms with Crippen LogP contribution in [0.25, 0.3) is 0 Å². The minimum Gasteiger partial charge on any atom is -0.497 e. The summed E-state index contributed by atoms with van der Waals surface area (Å²) in [5.74, 6) is 0.413. The molecule has 0 fully saturated rings. The molecule has 1 aromatic carbocycles. The number of ether oxygens (including phenoxy) is 1. The molecule has 0 spiro atoms. The lowest BCUT2D eigenvalue weighted by atomic mass is 10.0. The second-order valence-electron chi connectivity index (χ2n) is 4.54. The van der Waals surface area contributed by atoms with Gasteiger partial charge in [-0.15, -0.1) is 0 Å². The van der Waals surface area contributed by atoms with Gasteiger partial charge < -0.3 is 4.74 Å². The summed E-state index contributed by atoms with van der Waals surface area (Å²) in [7, 11) is -2.10. The molecule has 0 radical (unpaired) electrons. The van der Waals surface area contributed by atoms with Gasteiger partial charge in [-0.1, -0.05) is 20.3 Å². The topological polar surface area (TPSA) is 67.2 Å². The Balaban J connectivity index is 3.10. The van der Waals surface area contributed by atoms with Gasteiger partial charge in [0.2, 0.25) is 0 Å². The predicted molar refractivity (Wildman–Crippen MR) is 73.7 cm³/mol. The van der Waals surface area contributed by atoms with Crippen LogP contribution in [0.1, 0.15) is 26.7 Å². The Labute approximate surface area is 114 Å². The number of nitrogens with zero attached hydrogens (tertiary/aromatic N) is 1. The molecule has 0 bridgehead atoms. The van der Waals surface area contributed by atoms with Crippen molar-refractivity contribution in [3.63, 3.8) is 0 Å². The lowest BCUT2D eigenvalue weighted by Crippen LogP contribution is -2.27. The van der Waals surface area contributed by atoms with Crippen molar-refractivity contribution in [3.8, 4) is 11.8 Å². The molecule has 0 saturated carbocycles. The second-order valence-corrected chi connectivity index (χ2v) is 6.61. The summed E-state index contributed by atoms with van der Waals surface area (Å²) in [6.45, 7) is 3.78. The van der Waals surface area contributed by atoms with Gasteiger partial charge in [-0.3, -0.25) is 0 Å². The Morgan fingerprint density at radius 3 is 2.32 bits per heavy atom. The van der Waals surface area contributed by atoms with Crippen molar-refractivity contribution in [3.05, 3.63) is 24.3 Å². The van der Waals surface area contributed by atoms with Crippen LogP contribution in [-0.4, -0.2) is 20.8 Å². The summed E-state index contributed by atoms with van der Waals surface area (Å²) < 4.78 is 29.8. The molecule has 19 heavy (non-hydrogen) atoms.